The number of non-ortho nitro benzene ring substituents is 1. The van der Waals surface area contributed by atoms with Gasteiger partial charge in [-0.05, 0) is 50.1 Å². The van der Waals surface area contributed by atoms with Crippen LogP contribution < -0.4 is 10.2 Å². The average molecular weight is 552 g/mol. The van der Waals surface area contributed by atoms with Gasteiger partial charge in [0.2, 0.25) is 0 Å². The van der Waals surface area contributed by atoms with E-state index < -0.39 is 10.8 Å². The van der Waals surface area contributed by atoms with Crippen molar-refractivity contribution in [2.24, 2.45) is 5.10 Å². The summed E-state index contributed by atoms with van der Waals surface area (Å²) >= 11 is 9.62. The van der Waals surface area contributed by atoms with Gasteiger partial charge >= 0.3 is 0 Å². The number of rotatable bonds is 6. The molecule has 0 aliphatic rings. The normalized spacial score (nSPS) is 10.7. The Balaban J connectivity index is 1.93. The Morgan fingerprint density at radius 2 is 2.00 bits per heavy atom. The predicted octanol–water partition coefficient (Wildman–Crippen LogP) is 4.12. The number of phenolic OH excluding ortho intramolecular Hbond substituents is 1. The number of hydrazone groups is 1. The van der Waals surface area contributed by atoms with E-state index in [0.717, 1.165) is 4.47 Å². The molecule has 0 atom stereocenters. The van der Waals surface area contributed by atoms with Crippen LogP contribution >= 0.6 is 47.8 Å². The van der Waals surface area contributed by atoms with Gasteiger partial charge in [0.15, 0.2) is 6.61 Å². The Hall–Kier alpha value is -1.98. The Kier molecular flexibility index (Phi) is 7.12. The smallest absolute Gasteiger partial charge is 0.277 e. The van der Waals surface area contributed by atoms with Crippen molar-refractivity contribution in [3.8, 4) is 11.5 Å². The number of carbonyl (C=O) groups is 1. The standard InChI is InChI=1S/C15H10Br3N3O5/c16-9-3-8(15(23)12(18)4-9)6-19-20-14(22)7-26-13-2-1-10(21(24)25)5-11(13)17/h1-6,23H,7H2,(H,20,22)/b19-6+. The molecule has 136 valence electrons. The van der Waals surface area contributed by atoms with Gasteiger partial charge in [-0.1, -0.05) is 15.9 Å². The Bertz CT molecular complexity index is 889. The predicted molar refractivity (Wildman–Crippen MR) is 106 cm³/mol. The molecule has 0 saturated carbocycles. The molecule has 0 spiro atoms. The van der Waals surface area contributed by atoms with Crippen molar-refractivity contribution in [2.75, 3.05) is 6.61 Å². The van der Waals surface area contributed by atoms with Crippen molar-refractivity contribution in [1.82, 2.24) is 5.43 Å². The maximum Gasteiger partial charge on any atom is 0.277 e. The highest BCUT2D eigenvalue weighted by molar-refractivity contribution is 9.11. The molecule has 1 amide bonds. The molecule has 0 heterocycles. The quantitative estimate of drug-likeness (QED) is 0.318. The molecule has 0 aromatic heterocycles. The summed E-state index contributed by atoms with van der Waals surface area (Å²) in [5.74, 6) is -0.277. The number of benzene rings is 2. The molecule has 11 heteroatoms. The number of amides is 1. The number of aromatic hydroxyl groups is 1. The van der Waals surface area contributed by atoms with E-state index in [-0.39, 0.29) is 23.8 Å². The summed E-state index contributed by atoms with van der Waals surface area (Å²) in [6.45, 7) is -0.345. The summed E-state index contributed by atoms with van der Waals surface area (Å²) in [4.78, 5) is 21.9. The third kappa shape index (κ3) is 5.51. The van der Waals surface area contributed by atoms with E-state index in [1.54, 1.807) is 12.1 Å². The number of nitro benzene ring substituents is 1. The molecule has 0 aliphatic carbocycles. The second-order valence-corrected chi connectivity index (χ2v) is 7.40. The van der Waals surface area contributed by atoms with Crippen molar-refractivity contribution in [2.45, 2.75) is 0 Å². The highest BCUT2D eigenvalue weighted by Crippen LogP contribution is 2.31. The van der Waals surface area contributed by atoms with Crippen molar-refractivity contribution in [1.29, 1.82) is 0 Å². The van der Waals surface area contributed by atoms with Crippen molar-refractivity contribution >= 4 is 65.6 Å². The van der Waals surface area contributed by atoms with Crippen LogP contribution in [0, 0.1) is 10.1 Å². The zero-order valence-corrected chi connectivity index (χ0v) is 17.5. The minimum absolute atomic E-state index is 0.0164. The van der Waals surface area contributed by atoms with Gasteiger partial charge in [0, 0.05) is 22.2 Å². The van der Waals surface area contributed by atoms with E-state index >= 15 is 0 Å². The number of nitro groups is 1. The molecular weight excluding hydrogens is 542 g/mol. The molecule has 26 heavy (non-hydrogen) atoms. The molecular formula is C15H10Br3N3O5. The van der Waals surface area contributed by atoms with E-state index in [9.17, 15) is 20.0 Å². The molecule has 8 nitrogen and oxygen atoms in total. The summed E-state index contributed by atoms with van der Waals surface area (Å²) in [5.41, 5.74) is 2.55. The SMILES string of the molecule is O=C(COc1ccc([N+](=O)[O-])cc1Br)N/N=C/c1cc(Br)cc(Br)c1O. The lowest BCUT2D eigenvalue weighted by Gasteiger charge is -2.07. The van der Waals surface area contributed by atoms with Crippen LogP contribution in [0.2, 0.25) is 0 Å². The van der Waals surface area contributed by atoms with Crippen molar-refractivity contribution in [3.05, 3.63) is 59.4 Å². The third-order valence-corrected chi connectivity index (χ3v) is 4.62. The van der Waals surface area contributed by atoms with Crippen molar-refractivity contribution < 1.29 is 19.6 Å². The fourth-order valence-corrected chi connectivity index (χ4v) is 3.49. The number of carbonyl (C=O) groups excluding carboxylic acids is 1. The molecule has 0 aliphatic heterocycles. The summed E-state index contributed by atoms with van der Waals surface area (Å²) in [7, 11) is 0. The zero-order chi connectivity index (χ0) is 19.3. The molecule has 2 aromatic rings. The first-order valence-electron chi connectivity index (χ1n) is 6.84. The highest BCUT2D eigenvalue weighted by Gasteiger charge is 2.11. The first-order chi connectivity index (χ1) is 12.3. The molecule has 2 aromatic carbocycles. The topological polar surface area (TPSA) is 114 Å². The zero-order valence-electron chi connectivity index (χ0n) is 12.8. The van der Waals surface area contributed by atoms with E-state index in [4.69, 9.17) is 4.74 Å². The van der Waals surface area contributed by atoms with E-state index in [2.05, 4.69) is 58.3 Å². The summed E-state index contributed by atoms with van der Waals surface area (Å²) in [5, 5.41) is 24.3. The fraction of sp³-hybridized carbons (Fsp3) is 0.0667. The minimum atomic E-state index is -0.542. The molecule has 0 fully saturated rings. The minimum Gasteiger partial charge on any atom is -0.506 e. The number of nitrogens with zero attached hydrogens (tertiary/aromatic N) is 2. The van der Waals surface area contributed by atoms with E-state index in [0.29, 0.717) is 14.5 Å². The van der Waals surface area contributed by atoms with Gasteiger partial charge in [0.25, 0.3) is 11.6 Å². The third-order valence-electron chi connectivity index (χ3n) is 2.94. The van der Waals surface area contributed by atoms with Gasteiger partial charge in [-0.25, -0.2) is 5.43 Å². The van der Waals surface area contributed by atoms with Crippen LogP contribution in [-0.2, 0) is 4.79 Å². The van der Waals surface area contributed by atoms with Gasteiger partial charge in [0.05, 0.1) is 20.1 Å². The van der Waals surface area contributed by atoms with Crippen LogP contribution in [0.15, 0.2) is 48.9 Å². The molecule has 2 rings (SSSR count). The van der Waals surface area contributed by atoms with Gasteiger partial charge in [-0.15, -0.1) is 0 Å². The van der Waals surface area contributed by atoms with Gasteiger partial charge in [0.1, 0.15) is 11.5 Å². The molecule has 0 saturated heterocycles. The lowest BCUT2D eigenvalue weighted by molar-refractivity contribution is -0.384. The van der Waals surface area contributed by atoms with Crippen molar-refractivity contribution in [3.63, 3.8) is 0 Å². The van der Waals surface area contributed by atoms with E-state index in [1.807, 2.05) is 0 Å². The maximum atomic E-state index is 11.8. The number of hydrogen-bond acceptors (Lipinski definition) is 6. The van der Waals surface area contributed by atoms with Crippen LogP contribution in [0.3, 0.4) is 0 Å². The van der Waals surface area contributed by atoms with Crippen LogP contribution in [0.25, 0.3) is 0 Å². The van der Waals surface area contributed by atoms with Gasteiger partial charge in [-0.3, -0.25) is 14.9 Å². The van der Waals surface area contributed by atoms with Crippen LogP contribution in [0.1, 0.15) is 5.56 Å². The second kappa shape index (κ2) is 9.10. The average Bonchev–Trinajstić information content (AvgIpc) is 2.57. The van der Waals surface area contributed by atoms with E-state index in [1.165, 1.54) is 24.4 Å². The summed E-state index contributed by atoms with van der Waals surface area (Å²) < 4.78 is 6.83. The summed E-state index contributed by atoms with van der Waals surface area (Å²) in [6.07, 6.45) is 1.28. The van der Waals surface area contributed by atoms with Crippen LogP contribution in [-0.4, -0.2) is 28.8 Å². The fourth-order valence-electron chi connectivity index (χ4n) is 1.75. The molecule has 0 unspecified atom stereocenters. The largest absolute Gasteiger partial charge is 0.506 e. The first-order valence-corrected chi connectivity index (χ1v) is 9.22. The second-order valence-electron chi connectivity index (χ2n) is 4.78. The van der Waals surface area contributed by atoms with Crippen LogP contribution in [0.4, 0.5) is 5.69 Å². The monoisotopic (exact) mass is 549 g/mol. The summed E-state index contributed by atoms with van der Waals surface area (Å²) in [6, 6.07) is 7.22. The number of halogens is 3. The maximum absolute atomic E-state index is 11.8. The number of nitrogens with one attached hydrogen (secondary N) is 1. The molecule has 0 radical (unpaired) electrons. The number of phenols is 1. The Morgan fingerprint density at radius 1 is 1.27 bits per heavy atom. The highest BCUT2D eigenvalue weighted by atomic mass is 79.9. The van der Waals surface area contributed by atoms with Gasteiger partial charge < -0.3 is 9.84 Å². The number of ether oxygens (including phenoxy) is 1. The molecule has 0 bridgehead atoms. The lowest BCUT2D eigenvalue weighted by Crippen LogP contribution is -2.24. The Labute approximate surface area is 172 Å². The molecule has 2 N–H and O–H groups in total. The Morgan fingerprint density at radius 3 is 2.65 bits per heavy atom. The lowest BCUT2D eigenvalue weighted by atomic mass is 10.2. The first kappa shape index (κ1) is 20.3. The van der Waals surface area contributed by atoms with Crippen LogP contribution in [0.5, 0.6) is 11.5 Å². The number of hydrogen-bond donors (Lipinski definition) is 2. The van der Waals surface area contributed by atoms with Gasteiger partial charge in [-0.2, -0.15) is 5.10 Å².